The maximum absolute atomic E-state index is 6.64. The molecule has 0 spiro atoms. The second kappa shape index (κ2) is 5.19. The van der Waals surface area contributed by atoms with Crippen molar-refractivity contribution < 1.29 is 9.47 Å². The number of hydrogen-bond acceptors (Lipinski definition) is 3. The Morgan fingerprint density at radius 1 is 1.11 bits per heavy atom. The van der Waals surface area contributed by atoms with Crippen molar-refractivity contribution >= 4 is 0 Å². The molecule has 0 aliphatic heterocycles. The minimum atomic E-state index is -0.315. The van der Waals surface area contributed by atoms with Gasteiger partial charge in [-0.3, -0.25) is 0 Å². The Morgan fingerprint density at radius 3 is 2.06 bits per heavy atom. The number of ether oxygens (including phenoxy) is 2. The molecule has 0 aromatic heterocycles. The van der Waals surface area contributed by atoms with Crippen molar-refractivity contribution in [2.24, 2.45) is 11.7 Å². The van der Waals surface area contributed by atoms with Gasteiger partial charge in [0.05, 0.1) is 19.8 Å². The summed E-state index contributed by atoms with van der Waals surface area (Å²) in [4.78, 5) is 0. The van der Waals surface area contributed by atoms with E-state index < -0.39 is 0 Å². The summed E-state index contributed by atoms with van der Waals surface area (Å²) >= 11 is 0. The summed E-state index contributed by atoms with van der Waals surface area (Å²) in [6.07, 6.45) is 4.31. The highest BCUT2D eigenvalue weighted by molar-refractivity contribution is 5.49. The molecule has 0 amide bonds. The van der Waals surface area contributed by atoms with Crippen LogP contribution in [0.3, 0.4) is 0 Å². The van der Waals surface area contributed by atoms with Crippen molar-refractivity contribution in [2.45, 2.75) is 38.1 Å². The zero-order chi connectivity index (χ0) is 13.2. The molecule has 2 rings (SSSR count). The standard InChI is InChI=1S/C15H23NO2/c1-11-7-9-15(16,10-8-11)14-12(17-2)5-4-6-13(14)18-3/h4-6,11H,7-10,16H2,1-3H3. The summed E-state index contributed by atoms with van der Waals surface area (Å²) in [5.74, 6) is 2.44. The quantitative estimate of drug-likeness (QED) is 0.895. The lowest BCUT2D eigenvalue weighted by Crippen LogP contribution is -2.40. The first-order valence-electron chi connectivity index (χ1n) is 6.61. The fourth-order valence-corrected chi connectivity index (χ4v) is 2.87. The van der Waals surface area contributed by atoms with Crippen LogP contribution in [0.25, 0.3) is 0 Å². The van der Waals surface area contributed by atoms with E-state index in [-0.39, 0.29) is 5.54 Å². The van der Waals surface area contributed by atoms with Crippen LogP contribution >= 0.6 is 0 Å². The minimum absolute atomic E-state index is 0.315. The van der Waals surface area contributed by atoms with Gasteiger partial charge in [0.15, 0.2) is 0 Å². The third-order valence-corrected chi connectivity index (χ3v) is 4.09. The largest absolute Gasteiger partial charge is 0.496 e. The molecule has 1 saturated carbocycles. The summed E-state index contributed by atoms with van der Waals surface area (Å²) in [5, 5.41) is 0. The molecule has 1 aliphatic carbocycles. The summed E-state index contributed by atoms with van der Waals surface area (Å²) in [7, 11) is 3.38. The molecule has 1 aromatic carbocycles. The molecule has 1 aromatic rings. The average molecular weight is 249 g/mol. The highest BCUT2D eigenvalue weighted by Crippen LogP contribution is 2.45. The summed E-state index contributed by atoms with van der Waals surface area (Å²) in [6, 6.07) is 5.87. The maximum Gasteiger partial charge on any atom is 0.127 e. The second-order valence-electron chi connectivity index (χ2n) is 5.38. The Bertz CT molecular complexity index is 387. The molecule has 0 atom stereocenters. The van der Waals surface area contributed by atoms with Gasteiger partial charge in [0.25, 0.3) is 0 Å². The van der Waals surface area contributed by atoms with Crippen LogP contribution in [0, 0.1) is 5.92 Å². The highest BCUT2D eigenvalue weighted by atomic mass is 16.5. The zero-order valence-electron chi connectivity index (χ0n) is 11.5. The van der Waals surface area contributed by atoms with Gasteiger partial charge in [0, 0.05) is 5.54 Å². The highest BCUT2D eigenvalue weighted by Gasteiger charge is 2.36. The normalized spacial score (nSPS) is 27.9. The topological polar surface area (TPSA) is 44.5 Å². The molecule has 0 saturated heterocycles. The van der Waals surface area contributed by atoms with Gasteiger partial charge in [-0.15, -0.1) is 0 Å². The monoisotopic (exact) mass is 249 g/mol. The van der Waals surface area contributed by atoms with Crippen molar-refractivity contribution in [3.05, 3.63) is 23.8 Å². The van der Waals surface area contributed by atoms with Crippen LogP contribution in [0.15, 0.2) is 18.2 Å². The van der Waals surface area contributed by atoms with Crippen LogP contribution < -0.4 is 15.2 Å². The third-order valence-electron chi connectivity index (χ3n) is 4.09. The molecule has 100 valence electrons. The Hall–Kier alpha value is -1.22. The molecule has 3 heteroatoms. The van der Waals surface area contributed by atoms with E-state index in [4.69, 9.17) is 15.2 Å². The molecule has 0 radical (unpaired) electrons. The van der Waals surface area contributed by atoms with Gasteiger partial charge in [-0.25, -0.2) is 0 Å². The zero-order valence-corrected chi connectivity index (χ0v) is 11.5. The van der Waals surface area contributed by atoms with Crippen LogP contribution in [0.4, 0.5) is 0 Å². The van der Waals surface area contributed by atoms with Crippen LogP contribution in [-0.2, 0) is 5.54 Å². The number of methoxy groups -OCH3 is 2. The Balaban J connectivity index is 2.42. The summed E-state index contributed by atoms with van der Waals surface area (Å²) in [6.45, 7) is 2.29. The molecular formula is C15H23NO2. The molecule has 1 aliphatic rings. The fraction of sp³-hybridized carbons (Fsp3) is 0.600. The van der Waals surface area contributed by atoms with E-state index in [9.17, 15) is 0 Å². The van der Waals surface area contributed by atoms with Gasteiger partial charge >= 0.3 is 0 Å². The molecule has 18 heavy (non-hydrogen) atoms. The van der Waals surface area contributed by atoms with Crippen molar-refractivity contribution in [3.8, 4) is 11.5 Å². The van der Waals surface area contributed by atoms with Gasteiger partial charge in [-0.2, -0.15) is 0 Å². The molecular weight excluding hydrogens is 226 g/mol. The summed E-state index contributed by atoms with van der Waals surface area (Å²) in [5.41, 5.74) is 7.35. The van der Waals surface area contributed by atoms with Crippen molar-refractivity contribution in [1.29, 1.82) is 0 Å². The average Bonchev–Trinajstić information content (AvgIpc) is 2.41. The number of hydrogen-bond donors (Lipinski definition) is 1. The van der Waals surface area contributed by atoms with Crippen molar-refractivity contribution in [3.63, 3.8) is 0 Å². The predicted molar refractivity (Wildman–Crippen MR) is 73.0 cm³/mol. The molecule has 1 fully saturated rings. The molecule has 0 heterocycles. The molecule has 0 bridgehead atoms. The Labute approximate surface area is 109 Å². The van der Waals surface area contributed by atoms with E-state index in [0.717, 1.165) is 48.7 Å². The molecule has 0 unspecified atom stereocenters. The lowest BCUT2D eigenvalue weighted by molar-refractivity contribution is 0.233. The second-order valence-corrected chi connectivity index (χ2v) is 5.38. The van der Waals surface area contributed by atoms with Crippen molar-refractivity contribution in [1.82, 2.24) is 0 Å². The van der Waals surface area contributed by atoms with Gasteiger partial charge in [-0.05, 0) is 43.7 Å². The van der Waals surface area contributed by atoms with E-state index >= 15 is 0 Å². The van der Waals surface area contributed by atoms with E-state index in [2.05, 4.69) is 6.92 Å². The van der Waals surface area contributed by atoms with Gasteiger partial charge in [0.1, 0.15) is 11.5 Å². The van der Waals surface area contributed by atoms with Gasteiger partial charge in [-0.1, -0.05) is 13.0 Å². The Morgan fingerprint density at radius 2 is 1.61 bits per heavy atom. The number of rotatable bonds is 3. The fourth-order valence-electron chi connectivity index (χ4n) is 2.87. The van der Waals surface area contributed by atoms with E-state index in [1.807, 2.05) is 18.2 Å². The minimum Gasteiger partial charge on any atom is -0.496 e. The summed E-state index contributed by atoms with van der Waals surface area (Å²) < 4.78 is 10.9. The van der Waals surface area contributed by atoms with E-state index in [1.54, 1.807) is 14.2 Å². The lowest BCUT2D eigenvalue weighted by atomic mass is 9.73. The number of nitrogens with two attached hydrogens (primary N) is 1. The lowest BCUT2D eigenvalue weighted by Gasteiger charge is -2.38. The van der Waals surface area contributed by atoms with Gasteiger partial charge in [0.2, 0.25) is 0 Å². The van der Waals surface area contributed by atoms with E-state index in [0.29, 0.717) is 0 Å². The maximum atomic E-state index is 6.64. The first-order chi connectivity index (χ1) is 8.60. The predicted octanol–water partition coefficient (Wildman–Crippen LogP) is 3.07. The van der Waals surface area contributed by atoms with Crippen LogP contribution in [0.1, 0.15) is 38.2 Å². The van der Waals surface area contributed by atoms with Crippen molar-refractivity contribution in [2.75, 3.05) is 14.2 Å². The first kappa shape index (κ1) is 13.2. The van der Waals surface area contributed by atoms with Crippen LogP contribution in [-0.4, -0.2) is 14.2 Å². The van der Waals surface area contributed by atoms with Crippen LogP contribution in [0.2, 0.25) is 0 Å². The van der Waals surface area contributed by atoms with Gasteiger partial charge < -0.3 is 15.2 Å². The smallest absolute Gasteiger partial charge is 0.127 e. The molecule has 3 nitrogen and oxygen atoms in total. The third kappa shape index (κ3) is 2.32. The first-order valence-corrected chi connectivity index (χ1v) is 6.61. The van der Waals surface area contributed by atoms with Crippen LogP contribution in [0.5, 0.6) is 11.5 Å². The SMILES string of the molecule is COc1cccc(OC)c1C1(N)CCC(C)CC1. The number of benzene rings is 1. The molecule has 2 N–H and O–H groups in total. The Kier molecular flexibility index (Phi) is 3.81. The van der Waals surface area contributed by atoms with E-state index in [1.165, 1.54) is 0 Å².